The second-order valence-electron chi connectivity index (χ2n) is 25.8. The van der Waals surface area contributed by atoms with Crippen LogP contribution in [0.5, 0.6) is 0 Å². The fourth-order valence-electron chi connectivity index (χ4n) is 10.8. The number of quaternary nitrogens is 1. The summed E-state index contributed by atoms with van der Waals surface area (Å²) >= 11 is 0. The molecule has 0 aliphatic carbocycles. The van der Waals surface area contributed by atoms with Crippen molar-refractivity contribution >= 4 is 19.7 Å². The number of likely N-dealkylation sites (N-methyl/N-ethyl adjacent to an activating group) is 1. The van der Waals surface area contributed by atoms with E-state index >= 15 is 0 Å². The normalized spacial score (nSPS) is 13.7. The number of carbonyl (C=O) groups excluding carboxylic acids is 2. The van der Waals surface area contributed by atoms with E-state index in [2.05, 4.69) is 50.4 Å². The monoisotopic (exact) mass is 1180 g/mol. The lowest BCUT2D eigenvalue weighted by Crippen LogP contribution is -2.47. The van der Waals surface area contributed by atoms with Crippen LogP contribution in [-0.4, -0.2) is 74.3 Å². The maximum Gasteiger partial charge on any atom is 0.472 e. The van der Waals surface area contributed by atoms with Gasteiger partial charge in [-0.3, -0.25) is 18.6 Å². The molecule has 1 amide bonds. The fraction of sp³-hybridized carbons (Fsp3) is 0.889. The second-order valence-corrected chi connectivity index (χ2v) is 27.2. The highest BCUT2D eigenvalue weighted by atomic mass is 31.2. The number of amides is 1. The number of allylic oxidation sites excluding steroid dienone is 5. The molecule has 0 radical (unpaired) electrons. The molecule has 9 nitrogen and oxygen atoms in total. The smallest absolute Gasteiger partial charge is 0.456 e. The molecule has 0 rings (SSSR count). The van der Waals surface area contributed by atoms with Gasteiger partial charge in [0.1, 0.15) is 19.3 Å². The van der Waals surface area contributed by atoms with Crippen LogP contribution in [0.25, 0.3) is 0 Å². The first-order valence-electron chi connectivity index (χ1n) is 35.8. The van der Waals surface area contributed by atoms with Crippen molar-refractivity contribution in [3.8, 4) is 0 Å². The van der Waals surface area contributed by atoms with Crippen molar-refractivity contribution in [3.63, 3.8) is 0 Å². The maximum absolute atomic E-state index is 13.6. The van der Waals surface area contributed by atoms with Gasteiger partial charge in [0.2, 0.25) is 5.91 Å². The molecular formula is C72H140N2O7P+. The van der Waals surface area contributed by atoms with Crippen LogP contribution >= 0.6 is 7.82 Å². The van der Waals surface area contributed by atoms with Gasteiger partial charge in [-0.15, -0.1) is 0 Å². The van der Waals surface area contributed by atoms with Gasteiger partial charge in [0.25, 0.3) is 0 Å². The molecule has 3 unspecified atom stereocenters. The van der Waals surface area contributed by atoms with Crippen LogP contribution < -0.4 is 5.32 Å². The number of carbonyl (C=O) groups is 2. The van der Waals surface area contributed by atoms with Crippen molar-refractivity contribution < 1.29 is 37.3 Å². The molecular weight excluding hydrogens is 1040 g/mol. The van der Waals surface area contributed by atoms with E-state index < -0.39 is 20.0 Å². The van der Waals surface area contributed by atoms with Crippen molar-refractivity contribution in [2.75, 3.05) is 40.9 Å². The molecule has 82 heavy (non-hydrogen) atoms. The van der Waals surface area contributed by atoms with E-state index in [0.29, 0.717) is 23.9 Å². The first-order chi connectivity index (χ1) is 39.9. The minimum absolute atomic E-state index is 0.0440. The first kappa shape index (κ1) is 80.2. The van der Waals surface area contributed by atoms with Crippen LogP contribution in [0.15, 0.2) is 36.5 Å². The molecule has 0 aliphatic heterocycles. The summed E-state index contributed by atoms with van der Waals surface area (Å²) in [5.41, 5.74) is 0. The number of phosphoric ester groups is 1. The topological polar surface area (TPSA) is 111 Å². The quantitative estimate of drug-likeness (QED) is 0.0205. The van der Waals surface area contributed by atoms with Crippen molar-refractivity contribution in [2.24, 2.45) is 0 Å². The second kappa shape index (κ2) is 62.3. The van der Waals surface area contributed by atoms with E-state index in [1.807, 2.05) is 33.3 Å². The molecule has 0 fully saturated rings. The molecule has 484 valence electrons. The highest BCUT2D eigenvalue weighted by Crippen LogP contribution is 2.43. The molecule has 0 aliphatic rings. The number of hydrogen-bond acceptors (Lipinski definition) is 6. The lowest BCUT2D eigenvalue weighted by molar-refractivity contribution is -0.870. The number of nitrogens with zero attached hydrogens (tertiary/aromatic N) is 1. The summed E-state index contributed by atoms with van der Waals surface area (Å²) < 4.78 is 30.8. The van der Waals surface area contributed by atoms with Crippen molar-refractivity contribution in [1.29, 1.82) is 0 Å². The van der Waals surface area contributed by atoms with Gasteiger partial charge in [0, 0.05) is 12.8 Å². The molecule has 0 spiro atoms. The Morgan fingerprint density at radius 1 is 0.427 bits per heavy atom. The summed E-state index contributed by atoms with van der Waals surface area (Å²) in [6, 6.07) is -0.843. The highest BCUT2D eigenvalue weighted by Gasteiger charge is 2.30. The molecule has 0 bridgehead atoms. The van der Waals surface area contributed by atoms with Crippen LogP contribution in [0.4, 0.5) is 0 Å². The van der Waals surface area contributed by atoms with E-state index in [4.69, 9.17) is 13.8 Å². The van der Waals surface area contributed by atoms with Gasteiger partial charge in [-0.2, -0.15) is 0 Å². The molecule has 0 aromatic carbocycles. The summed E-state index contributed by atoms with van der Waals surface area (Å²) in [6.45, 7) is 7.05. The number of unbranched alkanes of at least 4 members (excludes halogenated alkanes) is 46. The summed E-state index contributed by atoms with van der Waals surface area (Å²) in [5.74, 6) is -0.483. The van der Waals surface area contributed by atoms with E-state index in [1.165, 1.54) is 263 Å². The zero-order chi connectivity index (χ0) is 60.0. The molecule has 2 N–H and O–H groups in total. The largest absolute Gasteiger partial charge is 0.472 e. The highest BCUT2D eigenvalue weighted by molar-refractivity contribution is 7.47. The summed E-state index contributed by atoms with van der Waals surface area (Å²) in [5, 5.41) is 3.08. The molecule has 0 saturated carbocycles. The predicted molar refractivity (Wildman–Crippen MR) is 356 cm³/mol. The Hall–Kier alpha value is -1.77. The van der Waals surface area contributed by atoms with Crippen LogP contribution in [0.3, 0.4) is 0 Å². The van der Waals surface area contributed by atoms with E-state index in [1.54, 1.807) is 0 Å². The van der Waals surface area contributed by atoms with Gasteiger partial charge in [0.05, 0.1) is 33.8 Å². The Kier molecular flexibility index (Phi) is 60.9. The number of rotatable bonds is 66. The zero-order valence-electron chi connectivity index (χ0n) is 55.5. The Labute approximate surface area is 510 Å². The molecule has 10 heteroatoms. The minimum Gasteiger partial charge on any atom is -0.456 e. The van der Waals surface area contributed by atoms with Crippen LogP contribution in [0, 0.1) is 0 Å². The minimum atomic E-state index is -4.45. The Bertz CT molecular complexity index is 1500. The lowest BCUT2D eigenvalue weighted by Gasteiger charge is -2.27. The third-order valence-corrected chi connectivity index (χ3v) is 17.3. The standard InChI is InChI=1S/C72H139N2O7P/c1-7-10-13-16-19-22-25-28-30-32-33-34-35-36-37-38-39-40-41-43-45-47-50-53-56-59-62-65-72(76)81-70(63-60-57-54-51-48-27-24-21-18-15-12-9-3)69(68-80-82(77,78)79-67-66-74(4,5)6)73-71(75)64-61-58-55-52-49-46-44-42-31-29-26-23-20-17-14-11-8-2/h19,22,28,30,60,63,69-70H,7-18,20-21,23-27,29,31-59,61-62,64-68H2,1-6H3,(H-,73,75,77,78)/p+1/b22-19-,30-28-,63-60+. The first-order valence-corrected chi connectivity index (χ1v) is 37.3. The Balaban J connectivity index is 4.97. The third-order valence-electron chi connectivity index (χ3n) is 16.3. The van der Waals surface area contributed by atoms with Gasteiger partial charge in [0.15, 0.2) is 0 Å². The fourth-order valence-corrected chi connectivity index (χ4v) is 11.5. The van der Waals surface area contributed by atoms with Crippen LogP contribution in [0.2, 0.25) is 0 Å². The maximum atomic E-state index is 13.6. The lowest BCUT2D eigenvalue weighted by atomic mass is 10.0. The van der Waals surface area contributed by atoms with E-state index in [0.717, 1.165) is 64.2 Å². The van der Waals surface area contributed by atoms with E-state index in [9.17, 15) is 19.0 Å². The van der Waals surface area contributed by atoms with Gasteiger partial charge < -0.3 is 19.4 Å². The van der Waals surface area contributed by atoms with Crippen molar-refractivity contribution in [1.82, 2.24) is 5.32 Å². The van der Waals surface area contributed by atoms with Gasteiger partial charge in [-0.1, -0.05) is 321 Å². The predicted octanol–water partition coefficient (Wildman–Crippen LogP) is 22.6. The molecule has 3 atom stereocenters. The molecule has 0 heterocycles. The average molecular weight is 1180 g/mol. The van der Waals surface area contributed by atoms with Gasteiger partial charge >= 0.3 is 13.8 Å². The van der Waals surface area contributed by atoms with Gasteiger partial charge in [-0.05, 0) is 63.9 Å². The molecule has 0 saturated heterocycles. The summed E-state index contributed by atoms with van der Waals surface area (Å²) in [6.07, 6.45) is 77.3. The Morgan fingerprint density at radius 3 is 1.12 bits per heavy atom. The number of esters is 1. The average Bonchev–Trinajstić information content (AvgIpc) is 3.44. The molecule has 0 aromatic heterocycles. The molecule has 0 aromatic rings. The Morgan fingerprint density at radius 2 is 0.744 bits per heavy atom. The number of hydrogen-bond donors (Lipinski definition) is 2. The number of ether oxygens (including phenoxy) is 1. The van der Waals surface area contributed by atoms with Gasteiger partial charge in [-0.25, -0.2) is 4.57 Å². The van der Waals surface area contributed by atoms with E-state index in [-0.39, 0.29) is 25.1 Å². The summed E-state index contributed by atoms with van der Waals surface area (Å²) in [4.78, 5) is 37.9. The summed E-state index contributed by atoms with van der Waals surface area (Å²) in [7, 11) is 1.52. The third kappa shape index (κ3) is 62.8. The SMILES string of the molecule is CCCCC/C=C\C/C=C\CCCCCCCCCCCCCCCCCCCC(=O)OC(/C=C/CCCCCCCCCCCC)C(COP(=O)(O)OCC[N+](C)(C)C)NC(=O)CCCCCCCCCCCCCCCCCCC. The van der Waals surface area contributed by atoms with Crippen molar-refractivity contribution in [2.45, 2.75) is 373 Å². The van der Waals surface area contributed by atoms with Crippen molar-refractivity contribution in [3.05, 3.63) is 36.5 Å². The zero-order valence-corrected chi connectivity index (χ0v) is 56.4. The van der Waals surface area contributed by atoms with Crippen LogP contribution in [-0.2, 0) is 27.9 Å². The number of phosphoric acid groups is 1. The number of nitrogens with one attached hydrogen (secondary N) is 1. The van der Waals surface area contributed by atoms with Crippen LogP contribution in [0.1, 0.15) is 361 Å².